The van der Waals surface area contributed by atoms with Crippen LogP contribution in [-0.2, 0) is 49.7 Å². The molecule has 0 radical (unpaired) electrons. The van der Waals surface area contributed by atoms with E-state index >= 15 is 0 Å². The van der Waals surface area contributed by atoms with Gasteiger partial charge < -0.3 is 56.9 Å². The highest BCUT2D eigenvalue weighted by Crippen LogP contribution is 2.25. The molecular formula is C50H81N9O11. The number of hydrogen-bond acceptors (Lipinski definition) is 11. The van der Waals surface area contributed by atoms with Gasteiger partial charge in [-0.1, -0.05) is 71.9 Å². The first-order chi connectivity index (χ1) is 32.5. The van der Waals surface area contributed by atoms with Gasteiger partial charge in [-0.05, 0) is 110 Å². The summed E-state index contributed by atoms with van der Waals surface area (Å²) in [5.41, 5.74) is -3.87. The van der Waals surface area contributed by atoms with Crippen LogP contribution in [0.5, 0.6) is 0 Å². The fourth-order valence-corrected chi connectivity index (χ4v) is 8.53. The summed E-state index contributed by atoms with van der Waals surface area (Å²) in [6.45, 7) is 21.8. The number of likely N-dealkylation sites (tertiary alicyclic amines) is 2. The normalized spacial score (nSPS) is 18.1. The number of rotatable bonds is 23. The summed E-state index contributed by atoms with van der Waals surface area (Å²) in [5, 5.41) is 28.8. The van der Waals surface area contributed by atoms with Gasteiger partial charge in [-0.25, -0.2) is 4.79 Å². The first kappa shape index (κ1) is 58.5. The summed E-state index contributed by atoms with van der Waals surface area (Å²) in [4.78, 5) is 125. The number of aliphatic hydroxyl groups excluding tert-OH is 1. The summed E-state index contributed by atoms with van der Waals surface area (Å²) >= 11 is 0. The molecule has 8 N–H and O–H groups in total. The van der Waals surface area contributed by atoms with Crippen molar-refractivity contribution in [2.75, 3.05) is 19.7 Å². The molecule has 2 aliphatic heterocycles. The number of nitrogens with one attached hydrogen (secondary N) is 7. The minimum atomic E-state index is -1.59. The lowest BCUT2D eigenvalue weighted by Gasteiger charge is -2.36. The third-order valence-electron chi connectivity index (χ3n) is 12.4. The Bertz CT molecular complexity index is 2020. The predicted molar refractivity (Wildman–Crippen MR) is 262 cm³/mol. The van der Waals surface area contributed by atoms with Crippen molar-refractivity contribution >= 4 is 53.4 Å². The first-order valence-corrected chi connectivity index (χ1v) is 24.6. The van der Waals surface area contributed by atoms with Gasteiger partial charge in [-0.15, -0.1) is 0 Å². The monoisotopic (exact) mass is 984 g/mol. The minimum Gasteiger partial charge on any atom is -0.445 e. The second-order valence-corrected chi connectivity index (χ2v) is 21.5. The lowest BCUT2D eigenvalue weighted by Crippen LogP contribution is -2.65. The fraction of sp³-hybridized carbons (Fsp3) is 0.700. The molecule has 2 fully saturated rings. The number of nitrogens with zero attached hydrogens (tertiary/aromatic N) is 2. The molecule has 20 nitrogen and oxygen atoms in total. The standard InChI is InChI=1S/C50H81N9O11/c1-29(2)25-34(27-60)52-41(63)36-21-17-23-58(36)45(67)49(10,11)55-40(62)35(26-30(3)4)53-44(66)48(8,9)56-42(64)37-22-18-24-59(37)46(68)50(12,13)57-43(65)38(31(5)6)54-39(61)32(7)51-47(69)70-28-33-19-15-14-16-20-33/h14-16,19-20,29-32,34-38,60H,17-18,21-28H2,1-13H3,(H,51,69)(H,52,63)(H,53,66)(H,54,61)(H,55,62)(H,56,64)(H,57,65)/t32-,34-,35-,36-,37-,38-/m0/s1. The SMILES string of the molecule is CC(C)C[C@@H](CO)NC(=O)[C@@H]1CCCN1C(=O)C(C)(C)NC(=O)[C@H](CC(C)C)NC(=O)C(C)(C)NC(=O)[C@@H]1CCCN1C(=O)C(C)(C)NC(=O)[C@@H](NC(=O)[C@H](C)NC(=O)OCc1ccccc1)C(C)C. The van der Waals surface area contributed by atoms with E-state index in [1.54, 1.807) is 38.1 Å². The largest absolute Gasteiger partial charge is 0.445 e. The van der Waals surface area contributed by atoms with Crippen molar-refractivity contribution < 1.29 is 53.0 Å². The van der Waals surface area contributed by atoms with E-state index in [2.05, 4.69) is 37.2 Å². The van der Waals surface area contributed by atoms with E-state index in [1.165, 1.54) is 58.3 Å². The van der Waals surface area contributed by atoms with Crippen molar-refractivity contribution in [1.29, 1.82) is 0 Å². The van der Waals surface area contributed by atoms with Gasteiger partial charge in [0, 0.05) is 13.1 Å². The Morgan fingerprint density at radius 1 is 0.629 bits per heavy atom. The van der Waals surface area contributed by atoms with Crippen molar-refractivity contribution in [3.8, 4) is 0 Å². The van der Waals surface area contributed by atoms with Crippen LogP contribution in [0.2, 0.25) is 0 Å². The third-order valence-corrected chi connectivity index (χ3v) is 12.4. The molecule has 6 atom stereocenters. The van der Waals surface area contributed by atoms with Crippen LogP contribution in [0.25, 0.3) is 0 Å². The van der Waals surface area contributed by atoms with E-state index in [-0.39, 0.29) is 50.3 Å². The van der Waals surface area contributed by atoms with Crippen LogP contribution in [-0.4, -0.2) is 141 Å². The number of alkyl carbamates (subject to hydrolysis) is 1. The number of benzene rings is 1. The quantitative estimate of drug-likeness (QED) is 0.0787. The maximum absolute atomic E-state index is 14.1. The Hall–Kier alpha value is -5.79. The van der Waals surface area contributed by atoms with E-state index < -0.39 is 106 Å². The molecule has 2 aliphatic rings. The minimum absolute atomic E-state index is 0.00416. The Kier molecular flexibility index (Phi) is 21.2. The molecule has 0 aliphatic carbocycles. The zero-order chi connectivity index (χ0) is 52.9. The molecule has 9 amide bonds. The highest BCUT2D eigenvalue weighted by atomic mass is 16.5. The average molecular weight is 984 g/mol. The summed E-state index contributed by atoms with van der Waals surface area (Å²) in [6, 6.07) is 3.45. The number of amides is 9. The van der Waals surface area contributed by atoms with Gasteiger partial charge in [0.15, 0.2) is 0 Å². The number of hydrogen-bond donors (Lipinski definition) is 8. The molecule has 1 aromatic rings. The summed E-state index contributed by atoms with van der Waals surface area (Å²) in [6.07, 6.45) is 1.65. The molecule has 0 unspecified atom stereocenters. The molecule has 0 spiro atoms. The molecule has 3 rings (SSSR count). The molecule has 20 heteroatoms. The molecule has 0 aromatic heterocycles. The molecule has 0 bridgehead atoms. The molecular weight excluding hydrogens is 903 g/mol. The number of aliphatic hydroxyl groups is 1. The van der Waals surface area contributed by atoms with Crippen molar-refractivity contribution in [1.82, 2.24) is 47.0 Å². The van der Waals surface area contributed by atoms with Crippen LogP contribution in [0.4, 0.5) is 4.79 Å². The number of carbonyl (C=O) groups excluding carboxylic acids is 9. The summed E-state index contributed by atoms with van der Waals surface area (Å²) in [7, 11) is 0. The lowest BCUT2D eigenvalue weighted by molar-refractivity contribution is -0.146. The molecule has 70 heavy (non-hydrogen) atoms. The van der Waals surface area contributed by atoms with Crippen molar-refractivity contribution in [2.24, 2.45) is 17.8 Å². The van der Waals surface area contributed by atoms with E-state index in [0.717, 1.165) is 5.56 Å². The highest BCUT2D eigenvalue weighted by Gasteiger charge is 2.46. The van der Waals surface area contributed by atoms with Crippen LogP contribution in [0, 0.1) is 17.8 Å². The number of ether oxygens (including phenoxy) is 1. The van der Waals surface area contributed by atoms with Gasteiger partial charge in [-0.2, -0.15) is 0 Å². The van der Waals surface area contributed by atoms with Crippen LogP contribution in [0.15, 0.2) is 30.3 Å². The second kappa shape index (κ2) is 25.4. The van der Waals surface area contributed by atoms with Gasteiger partial charge in [0.2, 0.25) is 47.3 Å². The Morgan fingerprint density at radius 3 is 1.64 bits per heavy atom. The highest BCUT2D eigenvalue weighted by molar-refractivity contribution is 6.00. The van der Waals surface area contributed by atoms with Crippen molar-refractivity contribution in [3.05, 3.63) is 35.9 Å². The Morgan fingerprint density at radius 2 is 1.14 bits per heavy atom. The van der Waals surface area contributed by atoms with Crippen molar-refractivity contribution in [2.45, 2.75) is 188 Å². The number of carbonyl (C=O) groups is 9. The van der Waals surface area contributed by atoms with Gasteiger partial charge in [0.1, 0.15) is 53.4 Å². The predicted octanol–water partition coefficient (Wildman–Crippen LogP) is 2.16. The van der Waals surface area contributed by atoms with Gasteiger partial charge in [0.25, 0.3) is 0 Å². The lowest BCUT2D eigenvalue weighted by atomic mass is 9.96. The second-order valence-electron chi connectivity index (χ2n) is 21.5. The zero-order valence-corrected chi connectivity index (χ0v) is 43.6. The van der Waals surface area contributed by atoms with Gasteiger partial charge in [-0.3, -0.25) is 38.4 Å². The molecule has 0 saturated carbocycles. The van der Waals surface area contributed by atoms with E-state index in [9.17, 15) is 48.3 Å². The Labute approximate surface area is 413 Å². The van der Waals surface area contributed by atoms with E-state index in [0.29, 0.717) is 32.2 Å². The van der Waals surface area contributed by atoms with Crippen LogP contribution >= 0.6 is 0 Å². The molecule has 2 heterocycles. The zero-order valence-electron chi connectivity index (χ0n) is 43.6. The molecule has 1 aromatic carbocycles. The maximum atomic E-state index is 14.1. The summed E-state index contributed by atoms with van der Waals surface area (Å²) < 4.78 is 5.21. The molecule has 2 saturated heterocycles. The van der Waals surface area contributed by atoms with E-state index in [4.69, 9.17) is 4.74 Å². The van der Waals surface area contributed by atoms with Crippen LogP contribution in [0.1, 0.15) is 134 Å². The molecule has 392 valence electrons. The van der Waals surface area contributed by atoms with Crippen LogP contribution < -0.4 is 37.2 Å². The Balaban J connectivity index is 1.64. The van der Waals surface area contributed by atoms with Gasteiger partial charge >= 0.3 is 6.09 Å². The fourth-order valence-electron chi connectivity index (χ4n) is 8.53. The smallest absolute Gasteiger partial charge is 0.408 e. The maximum Gasteiger partial charge on any atom is 0.408 e. The van der Waals surface area contributed by atoms with Crippen LogP contribution in [0.3, 0.4) is 0 Å². The summed E-state index contributed by atoms with van der Waals surface area (Å²) in [5.74, 6) is -4.99. The first-order valence-electron chi connectivity index (χ1n) is 24.6. The van der Waals surface area contributed by atoms with E-state index in [1.807, 2.05) is 33.8 Å². The third kappa shape index (κ3) is 16.7. The topological polar surface area (TPSA) is 274 Å². The average Bonchev–Trinajstić information content (AvgIpc) is 3.97. The van der Waals surface area contributed by atoms with Gasteiger partial charge in [0.05, 0.1) is 12.6 Å². The van der Waals surface area contributed by atoms with Crippen molar-refractivity contribution in [3.63, 3.8) is 0 Å².